The van der Waals surface area contributed by atoms with E-state index in [1.54, 1.807) is 6.92 Å². The minimum absolute atomic E-state index is 0.567. The largest absolute Gasteiger partial charge is 0.330 e. The lowest BCUT2D eigenvalue weighted by Crippen LogP contribution is -2.03. The van der Waals surface area contributed by atoms with Crippen molar-refractivity contribution >= 4 is 10.1 Å². The van der Waals surface area contributed by atoms with E-state index in [4.69, 9.17) is 4.55 Å². The van der Waals surface area contributed by atoms with E-state index in [0.29, 0.717) is 0 Å². The monoisotopic (exact) mass is 174 g/mol. The first-order chi connectivity index (χ1) is 5.00. The molecule has 1 aromatic heterocycles. The highest BCUT2D eigenvalue weighted by Crippen LogP contribution is 1.99. The van der Waals surface area contributed by atoms with Gasteiger partial charge >= 0.3 is 10.1 Å². The summed E-state index contributed by atoms with van der Waals surface area (Å²) in [4.78, 5) is 6.80. The maximum atomic E-state index is 10.4. The molecule has 0 fully saturated rings. The van der Waals surface area contributed by atoms with Gasteiger partial charge in [-0.05, 0) is 12.5 Å². The second-order valence-corrected chi connectivity index (χ2v) is 3.33. The van der Waals surface area contributed by atoms with Crippen LogP contribution in [0.5, 0.6) is 0 Å². The molecule has 0 aliphatic heterocycles. The van der Waals surface area contributed by atoms with Crippen molar-refractivity contribution in [2.24, 2.45) is 0 Å². The lowest BCUT2D eigenvalue weighted by Gasteiger charge is -1.93. The van der Waals surface area contributed by atoms with Crippen molar-refractivity contribution in [3.8, 4) is 0 Å². The fraction of sp³-hybridized carbons (Fsp3) is 0.200. The predicted molar refractivity (Wildman–Crippen MR) is 36.6 cm³/mol. The predicted octanol–water partition coefficient (Wildman–Crippen LogP) is 0.0317. The molecule has 0 bridgehead atoms. The van der Waals surface area contributed by atoms with Crippen LogP contribution in [0.4, 0.5) is 0 Å². The molecule has 0 aliphatic carbocycles. The van der Waals surface area contributed by atoms with Crippen molar-refractivity contribution in [3.05, 3.63) is 18.0 Å². The van der Waals surface area contributed by atoms with Gasteiger partial charge in [0.25, 0.3) is 5.16 Å². The molecule has 0 unspecified atom stereocenters. The Morgan fingerprint density at radius 2 is 1.82 bits per heavy atom. The maximum Gasteiger partial charge on any atom is 0.330 e. The lowest BCUT2D eigenvalue weighted by molar-refractivity contribution is 0.474. The van der Waals surface area contributed by atoms with E-state index in [9.17, 15) is 8.42 Å². The van der Waals surface area contributed by atoms with Gasteiger partial charge < -0.3 is 0 Å². The minimum Gasteiger partial charge on any atom is -0.279 e. The molecule has 0 radical (unpaired) electrons. The first-order valence-electron chi connectivity index (χ1n) is 2.76. The smallest absolute Gasteiger partial charge is 0.279 e. The van der Waals surface area contributed by atoms with E-state index >= 15 is 0 Å². The van der Waals surface area contributed by atoms with Crippen LogP contribution in [0.1, 0.15) is 5.56 Å². The average molecular weight is 174 g/mol. The Bertz CT molecular complexity index is 342. The first kappa shape index (κ1) is 8.09. The van der Waals surface area contributed by atoms with Crippen LogP contribution in [0.25, 0.3) is 0 Å². The van der Waals surface area contributed by atoms with Crippen molar-refractivity contribution in [1.82, 2.24) is 9.97 Å². The molecular formula is C5H6N2O3S. The molecule has 11 heavy (non-hydrogen) atoms. The fourth-order valence-corrected chi connectivity index (χ4v) is 0.886. The van der Waals surface area contributed by atoms with Gasteiger partial charge in [-0.25, -0.2) is 9.97 Å². The van der Waals surface area contributed by atoms with Crippen molar-refractivity contribution < 1.29 is 13.0 Å². The number of nitrogens with zero attached hydrogens (tertiary/aromatic N) is 2. The first-order valence-corrected chi connectivity index (χ1v) is 4.20. The summed E-state index contributed by atoms with van der Waals surface area (Å²) in [5, 5.41) is -0.567. The molecule has 1 rings (SSSR count). The number of hydrogen-bond donors (Lipinski definition) is 1. The number of rotatable bonds is 1. The van der Waals surface area contributed by atoms with Crippen molar-refractivity contribution in [2.45, 2.75) is 12.1 Å². The molecule has 1 aromatic rings. The van der Waals surface area contributed by atoms with Crippen molar-refractivity contribution in [1.29, 1.82) is 0 Å². The van der Waals surface area contributed by atoms with E-state index in [1.165, 1.54) is 12.4 Å². The SMILES string of the molecule is Cc1cnc(S(=O)(=O)O)nc1. The second kappa shape index (κ2) is 2.55. The summed E-state index contributed by atoms with van der Waals surface area (Å²) >= 11 is 0. The van der Waals surface area contributed by atoms with Crippen LogP contribution in [-0.2, 0) is 10.1 Å². The van der Waals surface area contributed by atoms with Crippen LogP contribution >= 0.6 is 0 Å². The summed E-state index contributed by atoms with van der Waals surface area (Å²) in [6.45, 7) is 1.72. The molecule has 0 aliphatic rings. The number of aromatic nitrogens is 2. The molecule has 0 atom stereocenters. The van der Waals surface area contributed by atoms with Gasteiger partial charge in [0, 0.05) is 12.4 Å². The molecule has 0 spiro atoms. The normalized spacial score (nSPS) is 11.5. The highest BCUT2D eigenvalue weighted by Gasteiger charge is 2.11. The number of hydrogen-bond acceptors (Lipinski definition) is 4. The minimum atomic E-state index is -4.24. The summed E-state index contributed by atoms with van der Waals surface area (Å²) in [6.07, 6.45) is 2.63. The van der Waals surface area contributed by atoms with Gasteiger partial charge in [0.05, 0.1) is 0 Å². The molecule has 6 heteroatoms. The number of aryl methyl sites for hydroxylation is 1. The van der Waals surface area contributed by atoms with Crippen molar-refractivity contribution in [2.75, 3.05) is 0 Å². The average Bonchev–Trinajstić information content (AvgIpc) is 1.86. The van der Waals surface area contributed by atoms with E-state index in [0.717, 1.165) is 5.56 Å². The van der Waals surface area contributed by atoms with Crippen LogP contribution in [-0.4, -0.2) is 22.9 Å². The van der Waals surface area contributed by atoms with Crippen molar-refractivity contribution in [3.63, 3.8) is 0 Å². The van der Waals surface area contributed by atoms with Gasteiger partial charge in [0.2, 0.25) is 0 Å². The molecule has 60 valence electrons. The summed E-state index contributed by atoms with van der Waals surface area (Å²) < 4.78 is 29.2. The second-order valence-electron chi connectivity index (χ2n) is 2.02. The molecule has 0 saturated carbocycles. The molecule has 1 heterocycles. The van der Waals surface area contributed by atoms with Gasteiger partial charge in [-0.1, -0.05) is 0 Å². The van der Waals surface area contributed by atoms with Crippen LogP contribution in [0, 0.1) is 6.92 Å². The Hall–Kier alpha value is -1.01. The quantitative estimate of drug-likeness (QED) is 0.480. The third-order valence-electron chi connectivity index (χ3n) is 0.988. The third-order valence-corrected chi connectivity index (χ3v) is 1.66. The topological polar surface area (TPSA) is 80.2 Å². The molecule has 0 amide bonds. The van der Waals surface area contributed by atoms with Gasteiger partial charge in [0.15, 0.2) is 0 Å². The summed E-state index contributed by atoms with van der Waals surface area (Å²) in [7, 11) is -4.24. The van der Waals surface area contributed by atoms with E-state index < -0.39 is 15.3 Å². The Morgan fingerprint density at radius 3 is 2.18 bits per heavy atom. The Morgan fingerprint density at radius 1 is 1.36 bits per heavy atom. The van der Waals surface area contributed by atoms with Crippen LogP contribution in [0.15, 0.2) is 17.6 Å². The van der Waals surface area contributed by atoms with Crippen LogP contribution < -0.4 is 0 Å². The third kappa shape index (κ3) is 1.95. The zero-order valence-corrected chi connectivity index (χ0v) is 6.54. The molecule has 0 saturated heterocycles. The molecule has 5 nitrogen and oxygen atoms in total. The fourth-order valence-electron chi connectivity index (χ4n) is 0.514. The summed E-state index contributed by atoms with van der Waals surface area (Å²) in [6, 6.07) is 0. The Balaban J connectivity index is 3.20. The molecule has 1 N–H and O–H groups in total. The molecule has 0 aromatic carbocycles. The van der Waals surface area contributed by atoms with Gasteiger partial charge in [-0.3, -0.25) is 4.55 Å². The zero-order chi connectivity index (χ0) is 8.48. The van der Waals surface area contributed by atoms with E-state index in [1.807, 2.05) is 0 Å². The standard InChI is InChI=1S/C5H6N2O3S/c1-4-2-6-5(7-3-4)11(8,9)10/h2-3H,1H3,(H,8,9,10). The van der Waals surface area contributed by atoms with Gasteiger partial charge in [-0.15, -0.1) is 0 Å². The maximum absolute atomic E-state index is 10.4. The van der Waals surface area contributed by atoms with Crippen LogP contribution in [0.3, 0.4) is 0 Å². The van der Waals surface area contributed by atoms with E-state index in [2.05, 4.69) is 9.97 Å². The Kier molecular flexibility index (Phi) is 1.88. The lowest BCUT2D eigenvalue weighted by atomic mass is 10.4. The highest BCUT2D eigenvalue weighted by molar-refractivity contribution is 7.85. The summed E-state index contributed by atoms with van der Waals surface area (Å²) in [5.41, 5.74) is 0.734. The highest BCUT2D eigenvalue weighted by atomic mass is 32.2. The Labute approximate surface area is 63.9 Å². The van der Waals surface area contributed by atoms with Crippen LogP contribution in [0.2, 0.25) is 0 Å². The molecular weight excluding hydrogens is 168 g/mol. The van der Waals surface area contributed by atoms with Gasteiger partial charge in [-0.2, -0.15) is 8.42 Å². The van der Waals surface area contributed by atoms with Gasteiger partial charge in [0.1, 0.15) is 0 Å². The zero-order valence-electron chi connectivity index (χ0n) is 5.72. The summed E-state index contributed by atoms with van der Waals surface area (Å²) in [5.74, 6) is 0. The van der Waals surface area contributed by atoms with E-state index in [-0.39, 0.29) is 0 Å².